The molecular weight excluding hydrogens is 242 g/mol. The Bertz CT molecular complexity index is 377. The Morgan fingerprint density at radius 2 is 2.56 bits per heavy atom. The van der Waals surface area contributed by atoms with Crippen LogP contribution in [0.5, 0.6) is 0 Å². The maximum Gasteiger partial charge on any atom is 0.240 e. The summed E-state index contributed by atoms with van der Waals surface area (Å²) in [6.45, 7) is 2.14. The van der Waals surface area contributed by atoms with Gasteiger partial charge in [0.2, 0.25) is 11.0 Å². The van der Waals surface area contributed by atoms with Crippen LogP contribution in [0.1, 0.15) is 19.8 Å². The number of amides is 1. The number of unbranched alkanes of at least 4 members (excludes halogenated alkanes) is 1. The van der Waals surface area contributed by atoms with Crippen LogP contribution in [0.4, 0.5) is 5.13 Å². The van der Waals surface area contributed by atoms with Gasteiger partial charge in [-0.3, -0.25) is 9.69 Å². The van der Waals surface area contributed by atoms with Crippen LogP contribution >= 0.6 is 23.1 Å². The summed E-state index contributed by atoms with van der Waals surface area (Å²) in [6, 6.07) is 0. The molecule has 1 amide bonds. The molecule has 0 aliphatic carbocycles. The van der Waals surface area contributed by atoms with E-state index in [-0.39, 0.29) is 11.3 Å². The van der Waals surface area contributed by atoms with Crippen molar-refractivity contribution in [2.24, 2.45) is 0 Å². The monoisotopic (exact) mass is 255 g/mol. The lowest BCUT2D eigenvalue weighted by Gasteiger charge is -2.17. The van der Waals surface area contributed by atoms with Gasteiger partial charge in [0.15, 0.2) is 0 Å². The molecule has 86 valence electrons. The molecule has 1 aliphatic heterocycles. The molecule has 1 fully saturated rings. The quantitative estimate of drug-likeness (QED) is 0.774. The topological polar surface area (TPSA) is 46.1 Å². The third-order valence-corrected chi connectivity index (χ3v) is 4.02. The number of hydrogen-bond acceptors (Lipinski definition) is 5. The number of thioether (sulfide) groups is 1. The molecular formula is C10H13N3OS2. The van der Waals surface area contributed by atoms with Crippen molar-refractivity contribution in [2.75, 3.05) is 10.7 Å². The number of allylic oxidation sites excluding steroid dienone is 1. The van der Waals surface area contributed by atoms with Crippen molar-refractivity contribution in [1.82, 2.24) is 10.2 Å². The second-order valence-corrected chi connectivity index (χ2v) is 5.32. The Labute approximate surface area is 103 Å². The van der Waals surface area contributed by atoms with Gasteiger partial charge in [0.1, 0.15) is 10.9 Å². The number of carbonyl (C=O) groups is 1. The van der Waals surface area contributed by atoms with Gasteiger partial charge in [-0.2, -0.15) is 0 Å². The van der Waals surface area contributed by atoms with E-state index in [0.29, 0.717) is 10.9 Å². The first-order valence-electron chi connectivity index (χ1n) is 5.19. The molecule has 1 atom stereocenters. The van der Waals surface area contributed by atoms with Crippen LogP contribution in [-0.4, -0.2) is 27.2 Å². The van der Waals surface area contributed by atoms with E-state index in [1.54, 1.807) is 22.2 Å². The molecule has 1 aliphatic rings. The van der Waals surface area contributed by atoms with Gasteiger partial charge in [-0.25, -0.2) is 0 Å². The van der Waals surface area contributed by atoms with Crippen LogP contribution in [0.2, 0.25) is 0 Å². The highest BCUT2D eigenvalue weighted by Gasteiger charge is 2.32. The van der Waals surface area contributed by atoms with E-state index >= 15 is 0 Å². The van der Waals surface area contributed by atoms with Crippen LogP contribution < -0.4 is 4.90 Å². The molecule has 0 radical (unpaired) electrons. The second kappa shape index (κ2) is 5.45. The van der Waals surface area contributed by atoms with E-state index < -0.39 is 0 Å². The predicted octanol–water partition coefficient (Wildman–Crippen LogP) is 2.30. The Balaban J connectivity index is 2.10. The third-order valence-electron chi connectivity index (χ3n) is 2.21. The number of aromatic nitrogens is 2. The SMILES string of the molecule is CCC/C=C\[C@@H]1SCC(=O)N1c1nncs1. The smallest absolute Gasteiger partial charge is 0.240 e. The molecule has 0 saturated carbocycles. The molecule has 16 heavy (non-hydrogen) atoms. The molecule has 0 spiro atoms. The Kier molecular flexibility index (Phi) is 3.95. The Hall–Kier alpha value is -0.880. The third kappa shape index (κ3) is 2.44. The highest BCUT2D eigenvalue weighted by Crippen LogP contribution is 2.32. The Morgan fingerprint density at radius 3 is 3.25 bits per heavy atom. The minimum Gasteiger partial charge on any atom is -0.273 e. The summed E-state index contributed by atoms with van der Waals surface area (Å²) in [5.74, 6) is 0.647. The molecule has 0 aromatic carbocycles. The zero-order chi connectivity index (χ0) is 11.4. The number of rotatable bonds is 4. The second-order valence-electron chi connectivity index (χ2n) is 3.40. The van der Waals surface area contributed by atoms with Crippen molar-refractivity contribution in [1.29, 1.82) is 0 Å². The van der Waals surface area contributed by atoms with Crippen molar-refractivity contribution in [2.45, 2.75) is 25.1 Å². The van der Waals surface area contributed by atoms with Crippen molar-refractivity contribution in [3.05, 3.63) is 17.7 Å². The van der Waals surface area contributed by atoms with Crippen molar-refractivity contribution >= 4 is 34.1 Å². The van der Waals surface area contributed by atoms with Crippen LogP contribution in [0.15, 0.2) is 17.7 Å². The van der Waals surface area contributed by atoms with Gasteiger partial charge in [-0.15, -0.1) is 22.0 Å². The van der Waals surface area contributed by atoms with Gasteiger partial charge in [-0.05, 0) is 6.42 Å². The summed E-state index contributed by atoms with van der Waals surface area (Å²) in [4.78, 5) is 13.5. The van der Waals surface area contributed by atoms with E-state index in [1.807, 2.05) is 0 Å². The number of anilines is 1. The molecule has 6 heteroatoms. The highest BCUT2D eigenvalue weighted by molar-refractivity contribution is 8.01. The lowest BCUT2D eigenvalue weighted by atomic mass is 10.3. The molecule has 1 aromatic rings. The van der Waals surface area contributed by atoms with Crippen LogP contribution in [0.25, 0.3) is 0 Å². The fourth-order valence-corrected chi connectivity index (χ4v) is 3.17. The van der Waals surface area contributed by atoms with Gasteiger partial charge < -0.3 is 0 Å². The van der Waals surface area contributed by atoms with Gasteiger partial charge in [0.25, 0.3) is 0 Å². The minimum absolute atomic E-state index is 0.0898. The van der Waals surface area contributed by atoms with Crippen molar-refractivity contribution in [3.63, 3.8) is 0 Å². The minimum atomic E-state index is 0.0898. The van der Waals surface area contributed by atoms with Gasteiger partial charge >= 0.3 is 0 Å². The number of nitrogens with zero attached hydrogens (tertiary/aromatic N) is 3. The summed E-state index contributed by atoms with van der Waals surface area (Å²) in [7, 11) is 0. The highest BCUT2D eigenvalue weighted by atomic mass is 32.2. The molecule has 2 heterocycles. The maximum absolute atomic E-state index is 11.7. The first-order valence-corrected chi connectivity index (χ1v) is 7.12. The van der Waals surface area contributed by atoms with E-state index in [2.05, 4.69) is 29.3 Å². The summed E-state index contributed by atoms with van der Waals surface area (Å²) in [5, 5.41) is 8.51. The van der Waals surface area contributed by atoms with Crippen LogP contribution in [0, 0.1) is 0 Å². The summed E-state index contributed by atoms with van der Waals surface area (Å²) in [5.41, 5.74) is 1.65. The Morgan fingerprint density at radius 1 is 1.69 bits per heavy atom. The van der Waals surface area contributed by atoms with E-state index in [4.69, 9.17) is 0 Å². The summed E-state index contributed by atoms with van der Waals surface area (Å²) in [6.07, 6.45) is 6.39. The molecule has 0 N–H and O–H groups in total. The largest absolute Gasteiger partial charge is 0.273 e. The lowest BCUT2D eigenvalue weighted by Crippen LogP contribution is -2.31. The fraction of sp³-hybridized carbons (Fsp3) is 0.500. The van der Waals surface area contributed by atoms with Gasteiger partial charge in [-0.1, -0.05) is 36.8 Å². The number of hydrogen-bond donors (Lipinski definition) is 0. The maximum atomic E-state index is 11.7. The van der Waals surface area contributed by atoms with Crippen LogP contribution in [0.3, 0.4) is 0 Å². The standard InChI is InChI=1S/C10H13N3OS2/c1-2-3-4-5-9-13(8(14)6-15-9)10-12-11-7-16-10/h4-5,7,9H,2-3,6H2,1H3/b5-4-/t9-/m0/s1. The van der Waals surface area contributed by atoms with E-state index in [1.165, 1.54) is 11.3 Å². The molecule has 1 saturated heterocycles. The predicted molar refractivity (Wildman–Crippen MR) is 67.7 cm³/mol. The normalized spacial score (nSPS) is 21.2. The van der Waals surface area contributed by atoms with E-state index in [9.17, 15) is 4.79 Å². The summed E-state index contributed by atoms with van der Waals surface area (Å²) >= 11 is 3.04. The molecule has 0 bridgehead atoms. The average Bonchev–Trinajstić information content (AvgIpc) is 2.88. The van der Waals surface area contributed by atoms with Gasteiger partial charge in [0, 0.05) is 0 Å². The molecule has 2 rings (SSSR count). The number of carbonyl (C=O) groups excluding carboxylic acids is 1. The van der Waals surface area contributed by atoms with E-state index in [0.717, 1.165) is 12.8 Å². The lowest BCUT2D eigenvalue weighted by molar-refractivity contribution is -0.115. The zero-order valence-electron chi connectivity index (χ0n) is 9.00. The molecule has 4 nitrogen and oxygen atoms in total. The molecule has 0 unspecified atom stereocenters. The zero-order valence-corrected chi connectivity index (χ0v) is 10.6. The first kappa shape index (κ1) is 11.6. The summed E-state index contributed by atoms with van der Waals surface area (Å²) < 4.78 is 0. The average molecular weight is 255 g/mol. The van der Waals surface area contributed by atoms with Gasteiger partial charge in [0.05, 0.1) is 5.75 Å². The molecule has 1 aromatic heterocycles. The van der Waals surface area contributed by atoms with Crippen molar-refractivity contribution in [3.8, 4) is 0 Å². The van der Waals surface area contributed by atoms with Crippen LogP contribution in [-0.2, 0) is 4.79 Å². The van der Waals surface area contributed by atoms with Crippen molar-refractivity contribution < 1.29 is 4.79 Å². The fourth-order valence-electron chi connectivity index (χ4n) is 1.45. The first-order chi connectivity index (χ1) is 7.83.